The smallest absolute Gasteiger partial charge is 0.340 e. The zero-order valence-corrected chi connectivity index (χ0v) is 20.1. The Labute approximate surface area is 201 Å². The van der Waals surface area contributed by atoms with Crippen molar-refractivity contribution < 1.29 is 23.9 Å². The van der Waals surface area contributed by atoms with Crippen LogP contribution in [-0.4, -0.2) is 61.6 Å². The molecule has 0 radical (unpaired) electrons. The lowest BCUT2D eigenvalue weighted by atomic mass is 9.56. The van der Waals surface area contributed by atoms with E-state index >= 15 is 0 Å². The van der Waals surface area contributed by atoms with E-state index in [-0.39, 0.29) is 53.3 Å². The number of anilines is 1. The predicted molar refractivity (Wildman–Crippen MR) is 127 cm³/mol. The zero-order valence-electron chi connectivity index (χ0n) is 20.1. The largest absolute Gasteiger partial charge is 0.461 e. The van der Waals surface area contributed by atoms with Crippen molar-refractivity contribution in [1.82, 2.24) is 4.90 Å². The Morgan fingerprint density at radius 2 is 2.00 bits per heavy atom. The van der Waals surface area contributed by atoms with Gasteiger partial charge in [-0.05, 0) is 37.9 Å². The summed E-state index contributed by atoms with van der Waals surface area (Å²) in [4.78, 5) is 42.1. The van der Waals surface area contributed by atoms with Gasteiger partial charge in [-0.15, -0.1) is 0 Å². The molecular weight excluding hydrogens is 432 g/mol. The Balaban J connectivity index is 1.40. The summed E-state index contributed by atoms with van der Waals surface area (Å²) in [7, 11) is 0. The Kier molecular flexibility index (Phi) is 6.10. The lowest BCUT2D eigenvalue weighted by Gasteiger charge is -2.60. The van der Waals surface area contributed by atoms with E-state index in [1.165, 1.54) is 0 Å². The van der Waals surface area contributed by atoms with Crippen LogP contribution < -0.4 is 4.90 Å². The van der Waals surface area contributed by atoms with Crippen LogP contribution in [-0.2, 0) is 19.1 Å². The maximum Gasteiger partial charge on any atom is 0.340 e. The molecule has 2 amide bonds. The molecule has 1 aromatic carbocycles. The summed E-state index contributed by atoms with van der Waals surface area (Å²) in [6, 6.07) is 6.75. The summed E-state index contributed by atoms with van der Waals surface area (Å²) in [5.41, 5.74) is 0.352. The minimum atomic E-state index is -0.498. The predicted octanol–water partition coefficient (Wildman–Crippen LogP) is 3.58. The molecule has 34 heavy (non-hydrogen) atoms. The molecule has 3 aliphatic heterocycles. The number of hydrogen-bond donors (Lipinski definition) is 0. The average Bonchev–Trinajstić information content (AvgIpc) is 2.97. The monoisotopic (exact) mass is 466 g/mol. The van der Waals surface area contributed by atoms with E-state index in [0.29, 0.717) is 12.3 Å². The molecule has 0 aromatic heterocycles. The molecule has 3 heterocycles. The van der Waals surface area contributed by atoms with Crippen molar-refractivity contribution in [2.24, 2.45) is 16.7 Å². The van der Waals surface area contributed by atoms with Crippen molar-refractivity contribution in [3.63, 3.8) is 0 Å². The summed E-state index contributed by atoms with van der Waals surface area (Å²) in [5, 5.41) is 0. The van der Waals surface area contributed by atoms with Crippen LogP contribution in [0.3, 0.4) is 0 Å². The minimum absolute atomic E-state index is 0.0391. The number of benzene rings is 1. The second-order valence-electron chi connectivity index (χ2n) is 10.5. The molecule has 0 spiro atoms. The molecule has 7 nitrogen and oxygen atoms in total. The van der Waals surface area contributed by atoms with E-state index in [1.807, 2.05) is 0 Å². The fourth-order valence-corrected chi connectivity index (χ4v) is 6.72. The second-order valence-corrected chi connectivity index (χ2v) is 10.5. The fraction of sp³-hybridized carbons (Fsp3) is 0.593. The first-order valence-corrected chi connectivity index (χ1v) is 12.5. The van der Waals surface area contributed by atoms with Gasteiger partial charge in [0.2, 0.25) is 11.8 Å². The van der Waals surface area contributed by atoms with Crippen LogP contribution >= 0.6 is 0 Å². The van der Waals surface area contributed by atoms with Crippen molar-refractivity contribution in [3.8, 4) is 0 Å². The average molecular weight is 467 g/mol. The number of imide groups is 1. The molecule has 4 aliphatic rings. The molecule has 1 aliphatic carbocycles. The summed E-state index contributed by atoms with van der Waals surface area (Å²) >= 11 is 0. The summed E-state index contributed by atoms with van der Waals surface area (Å²) < 4.78 is 12.4. The third-order valence-electron chi connectivity index (χ3n) is 8.26. The highest BCUT2D eigenvalue weighted by Gasteiger charge is 2.59. The highest BCUT2D eigenvalue weighted by atomic mass is 16.5. The van der Waals surface area contributed by atoms with E-state index < -0.39 is 5.97 Å². The second kappa shape index (κ2) is 8.93. The van der Waals surface area contributed by atoms with Gasteiger partial charge in [0.15, 0.2) is 0 Å². The van der Waals surface area contributed by atoms with Crippen LogP contribution in [0.25, 0.3) is 0 Å². The van der Waals surface area contributed by atoms with Gasteiger partial charge in [0.1, 0.15) is 6.61 Å². The van der Waals surface area contributed by atoms with Crippen LogP contribution in [0.2, 0.25) is 0 Å². The van der Waals surface area contributed by atoms with E-state index in [0.717, 1.165) is 50.2 Å². The van der Waals surface area contributed by atoms with Crippen LogP contribution in [0.1, 0.15) is 56.3 Å². The third kappa shape index (κ3) is 3.79. The molecule has 2 bridgehead atoms. The van der Waals surface area contributed by atoms with Gasteiger partial charge >= 0.3 is 5.97 Å². The maximum atomic E-state index is 13.4. The van der Waals surface area contributed by atoms with E-state index in [4.69, 9.17) is 9.47 Å². The standard InChI is InChI=1S/C27H34N2O5/c1-3-28-16-26-11-6-7-14-33-25(26)27(17-28,13-8-12-26)18-34-24(32)20-9-4-5-10-21(20)29-22(30)15-19(2)23(29)31/h4-7,9-10,19,25H,3,8,11-18H2,1-2H3/t19-,25-,26-,27-/m1/s1. The first-order chi connectivity index (χ1) is 16.4. The lowest BCUT2D eigenvalue weighted by molar-refractivity contribution is -0.197. The van der Waals surface area contributed by atoms with Crippen LogP contribution in [0.4, 0.5) is 5.69 Å². The first kappa shape index (κ1) is 23.2. The molecule has 5 rings (SSSR count). The number of esters is 1. The Hall–Kier alpha value is -2.51. The number of piperidine rings is 1. The number of carbonyl (C=O) groups excluding carboxylic acids is 3. The van der Waals surface area contributed by atoms with Gasteiger partial charge in [-0.2, -0.15) is 0 Å². The molecule has 2 saturated heterocycles. The van der Waals surface area contributed by atoms with Gasteiger partial charge < -0.3 is 14.4 Å². The number of carbonyl (C=O) groups is 3. The number of likely N-dealkylation sites (tertiary alicyclic amines) is 1. The number of hydrogen-bond acceptors (Lipinski definition) is 6. The molecule has 7 heteroatoms. The number of amides is 2. The summed E-state index contributed by atoms with van der Waals surface area (Å²) in [5.74, 6) is -1.43. The van der Waals surface area contributed by atoms with Gasteiger partial charge in [0.25, 0.3) is 0 Å². The van der Waals surface area contributed by atoms with Crippen LogP contribution in [0.5, 0.6) is 0 Å². The van der Waals surface area contributed by atoms with Crippen molar-refractivity contribution in [3.05, 3.63) is 42.0 Å². The molecule has 1 aromatic rings. The Morgan fingerprint density at radius 3 is 2.76 bits per heavy atom. The van der Waals surface area contributed by atoms with E-state index in [1.54, 1.807) is 31.2 Å². The van der Waals surface area contributed by atoms with Crippen LogP contribution in [0, 0.1) is 16.7 Å². The number of nitrogens with zero attached hydrogens (tertiary/aromatic N) is 2. The quantitative estimate of drug-likeness (QED) is 0.375. The highest BCUT2D eigenvalue weighted by molar-refractivity contribution is 6.22. The molecule has 3 fully saturated rings. The van der Waals surface area contributed by atoms with Gasteiger partial charge in [0.05, 0.1) is 24.0 Å². The van der Waals surface area contributed by atoms with Gasteiger partial charge in [-0.1, -0.05) is 44.6 Å². The minimum Gasteiger partial charge on any atom is -0.461 e. The zero-order chi connectivity index (χ0) is 23.9. The molecule has 0 unspecified atom stereocenters. The molecular formula is C27H34N2O5. The summed E-state index contributed by atoms with van der Waals surface area (Å²) in [6.45, 7) is 7.57. The first-order valence-electron chi connectivity index (χ1n) is 12.5. The number of para-hydroxylation sites is 1. The number of ether oxygens (including phenoxy) is 2. The molecule has 0 N–H and O–H groups in total. The Morgan fingerprint density at radius 1 is 1.18 bits per heavy atom. The van der Waals surface area contributed by atoms with E-state index in [2.05, 4.69) is 24.0 Å². The van der Waals surface area contributed by atoms with Crippen molar-refractivity contribution in [1.29, 1.82) is 0 Å². The maximum absolute atomic E-state index is 13.4. The van der Waals surface area contributed by atoms with Gasteiger partial charge in [-0.3, -0.25) is 9.59 Å². The topological polar surface area (TPSA) is 76.2 Å². The Bertz CT molecular complexity index is 1020. The molecule has 4 atom stereocenters. The van der Waals surface area contributed by atoms with Crippen LogP contribution in [0.15, 0.2) is 36.4 Å². The van der Waals surface area contributed by atoms with Gasteiger partial charge in [-0.25, -0.2) is 9.69 Å². The number of rotatable bonds is 5. The van der Waals surface area contributed by atoms with Crippen molar-refractivity contribution in [2.75, 3.05) is 37.7 Å². The van der Waals surface area contributed by atoms with Crippen molar-refractivity contribution >= 4 is 23.5 Å². The third-order valence-corrected chi connectivity index (χ3v) is 8.26. The normalized spacial score (nSPS) is 33.5. The fourth-order valence-electron chi connectivity index (χ4n) is 6.72. The van der Waals surface area contributed by atoms with E-state index in [9.17, 15) is 14.4 Å². The van der Waals surface area contributed by atoms with Crippen molar-refractivity contribution in [2.45, 2.75) is 52.1 Å². The molecule has 182 valence electrons. The summed E-state index contributed by atoms with van der Waals surface area (Å²) in [6.07, 6.45) is 8.71. The van der Waals surface area contributed by atoms with Gasteiger partial charge in [0, 0.05) is 36.3 Å². The SMILES string of the molecule is CCN1C[C@@]2(COC(=O)c3ccccc3N3C(=O)C[C@@H](C)C3=O)CCC[C@]3(CC=CCO[C@@H]23)C1. The molecule has 1 saturated carbocycles. The lowest BCUT2D eigenvalue weighted by Crippen LogP contribution is -2.66. The number of allylic oxidation sites excluding steroid dienone is 1. The highest BCUT2D eigenvalue weighted by Crippen LogP contribution is 2.55.